The second kappa shape index (κ2) is 4.41. The minimum absolute atomic E-state index is 0.203. The normalized spacial score (nSPS) is 10.5. The van der Waals surface area contributed by atoms with E-state index in [-0.39, 0.29) is 11.5 Å². The Morgan fingerprint density at radius 2 is 1.79 bits per heavy atom. The summed E-state index contributed by atoms with van der Waals surface area (Å²) in [6, 6.07) is 9.63. The first-order chi connectivity index (χ1) is 9.24. The monoisotopic (exact) mass is 256 g/mol. The second-order valence-corrected chi connectivity index (χ2v) is 3.77. The molecule has 19 heavy (non-hydrogen) atoms. The van der Waals surface area contributed by atoms with Crippen LogP contribution < -0.4 is 0 Å². The van der Waals surface area contributed by atoms with Crippen molar-refractivity contribution in [1.29, 1.82) is 0 Å². The molecule has 0 unspecified atom stereocenters. The van der Waals surface area contributed by atoms with E-state index in [0.717, 1.165) is 0 Å². The first-order valence-electron chi connectivity index (χ1n) is 5.45. The van der Waals surface area contributed by atoms with Crippen molar-refractivity contribution in [2.24, 2.45) is 0 Å². The molecule has 0 aliphatic heterocycles. The molecule has 1 N–H and O–H groups in total. The largest absolute Gasteiger partial charge is 0.478 e. The van der Waals surface area contributed by atoms with Gasteiger partial charge in [-0.05, 0) is 36.4 Å². The third-order valence-electron chi connectivity index (χ3n) is 2.54. The molecular formula is C13H8N2O4. The van der Waals surface area contributed by atoms with E-state index in [2.05, 4.69) is 10.2 Å². The molecule has 0 atom stereocenters. The number of nitrogens with zero attached hydrogens (tertiary/aromatic N) is 2. The fourth-order valence-corrected chi connectivity index (χ4v) is 1.60. The number of furan rings is 1. The van der Waals surface area contributed by atoms with Crippen molar-refractivity contribution in [3.8, 4) is 23.1 Å². The van der Waals surface area contributed by atoms with Gasteiger partial charge in [-0.1, -0.05) is 0 Å². The van der Waals surface area contributed by atoms with Crippen LogP contribution in [-0.4, -0.2) is 21.3 Å². The van der Waals surface area contributed by atoms with Gasteiger partial charge in [-0.3, -0.25) is 0 Å². The number of carboxylic acid groups (broad SMARTS) is 1. The quantitative estimate of drug-likeness (QED) is 0.774. The van der Waals surface area contributed by atoms with Crippen LogP contribution in [0, 0.1) is 0 Å². The van der Waals surface area contributed by atoms with Gasteiger partial charge in [0.2, 0.25) is 5.89 Å². The Bertz CT molecular complexity index is 699. The Morgan fingerprint density at radius 1 is 1.05 bits per heavy atom. The molecule has 94 valence electrons. The van der Waals surface area contributed by atoms with E-state index in [0.29, 0.717) is 17.2 Å². The zero-order valence-electron chi connectivity index (χ0n) is 9.61. The van der Waals surface area contributed by atoms with Crippen molar-refractivity contribution in [3.05, 3.63) is 48.2 Å². The van der Waals surface area contributed by atoms with Crippen LogP contribution in [-0.2, 0) is 0 Å². The summed E-state index contributed by atoms with van der Waals surface area (Å²) in [6.07, 6.45) is 1.51. The zero-order chi connectivity index (χ0) is 13.2. The summed E-state index contributed by atoms with van der Waals surface area (Å²) in [7, 11) is 0. The summed E-state index contributed by atoms with van der Waals surface area (Å²) in [5.74, 6) is 0.0971. The summed E-state index contributed by atoms with van der Waals surface area (Å²) in [5.41, 5.74) is 0.852. The smallest absolute Gasteiger partial charge is 0.335 e. The fourth-order valence-electron chi connectivity index (χ4n) is 1.60. The molecule has 6 heteroatoms. The number of benzene rings is 1. The lowest BCUT2D eigenvalue weighted by atomic mass is 10.1. The van der Waals surface area contributed by atoms with Gasteiger partial charge in [0.25, 0.3) is 5.89 Å². The molecule has 2 aromatic heterocycles. The van der Waals surface area contributed by atoms with Crippen LogP contribution in [0.4, 0.5) is 0 Å². The molecule has 0 bridgehead atoms. The van der Waals surface area contributed by atoms with Gasteiger partial charge >= 0.3 is 5.97 Å². The molecule has 0 fully saturated rings. The van der Waals surface area contributed by atoms with Crippen LogP contribution in [0.5, 0.6) is 0 Å². The Morgan fingerprint density at radius 3 is 2.42 bits per heavy atom. The van der Waals surface area contributed by atoms with Gasteiger partial charge in [0.05, 0.1) is 11.8 Å². The summed E-state index contributed by atoms with van der Waals surface area (Å²) >= 11 is 0. The molecule has 2 heterocycles. The van der Waals surface area contributed by atoms with E-state index in [1.165, 1.54) is 18.4 Å². The maximum Gasteiger partial charge on any atom is 0.335 e. The minimum Gasteiger partial charge on any atom is -0.478 e. The summed E-state index contributed by atoms with van der Waals surface area (Å²) in [6.45, 7) is 0. The predicted octanol–water partition coefficient (Wildman–Crippen LogP) is 2.69. The maximum atomic E-state index is 10.7. The van der Waals surface area contributed by atoms with Gasteiger partial charge in [-0.15, -0.1) is 10.2 Å². The molecule has 0 aliphatic rings. The Kier molecular flexibility index (Phi) is 2.60. The third-order valence-corrected chi connectivity index (χ3v) is 2.54. The van der Waals surface area contributed by atoms with E-state index in [1.807, 2.05) is 0 Å². The van der Waals surface area contributed by atoms with E-state index in [1.54, 1.807) is 24.3 Å². The highest BCUT2D eigenvalue weighted by atomic mass is 16.4. The number of aromatic nitrogens is 2. The van der Waals surface area contributed by atoms with Crippen molar-refractivity contribution in [2.75, 3.05) is 0 Å². The van der Waals surface area contributed by atoms with Crippen LogP contribution in [0.25, 0.3) is 23.1 Å². The van der Waals surface area contributed by atoms with Crippen molar-refractivity contribution in [2.45, 2.75) is 0 Å². The number of hydrogen-bond donors (Lipinski definition) is 1. The average Bonchev–Trinajstić information content (AvgIpc) is 3.10. The van der Waals surface area contributed by atoms with Gasteiger partial charge in [0.15, 0.2) is 5.76 Å². The van der Waals surface area contributed by atoms with E-state index < -0.39 is 5.97 Å². The van der Waals surface area contributed by atoms with Gasteiger partial charge in [-0.25, -0.2) is 4.79 Å². The van der Waals surface area contributed by atoms with E-state index in [4.69, 9.17) is 13.9 Å². The molecule has 0 amide bonds. The third kappa shape index (κ3) is 2.11. The molecule has 0 saturated carbocycles. The molecule has 1 aromatic carbocycles. The van der Waals surface area contributed by atoms with Crippen molar-refractivity contribution < 1.29 is 18.7 Å². The number of hydrogen-bond acceptors (Lipinski definition) is 5. The highest BCUT2D eigenvalue weighted by molar-refractivity contribution is 5.88. The lowest BCUT2D eigenvalue weighted by Gasteiger charge is -1.96. The first-order valence-corrected chi connectivity index (χ1v) is 5.45. The maximum absolute atomic E-state index is 10.7. The van der Waals surface area contributed by atoms with Gasteiger partial charge in [-0.2, -0.15) is 0 Å². The Hall–Kier alpha value is -2.89. The predicted molar refractivity (Wildman–Crippen MR) is 64.4 cm³/mol. The minimum atomic E-state index is -0.978. The summed E-state index contributed by atoms with van der Waals surface area (Å²) in [5, 5.41) is 16.6. The number of rotatable bonds is 3. The number of carbonyl (C=O) groups is 1. The van der Waals surface area contributed by atoms with Crippen molar-refractivity contribution >= 4 is 5.97 Å². The lowest BCUT2D eigenvalue weighted by Crippen LogP contribution is -1.94. The molecule has 6 nitrogen and oxygen atoms in total. The molecule has 0 aliphatic carbocycles. The highest BCUT2D eigenvalue weighted by Crippen LogP contribution is 2.24. The van der Waals surface area contributed by atoms with Crippen LogP contribution in [0.1, 0.15) is 10.4 Å². The highest BCUT2D eigenvalue weighted by Gasteiger charge is 2.12. The average molecular weight is 256 g/mol. The molecular weight excluding hydrogens is 248 g/mol. The fraction of sp³-hybridized carbons (Fsp3) is 0. The molecule has 0 spiro atoms. The molecule has 0 radical (unpaired) electrons. The van der Waals surface area contributed by atoms with Gasteiger partial charge in [0, 0.05) is 5.56 Å². The zero-order valence-corrected chi connectivity index (χ0v) is 9.61. The molecule has 3 rings (SSSR count). The summed E-state index contributed by atoms with van der Waals surface area (Å²) in [4.78, 5) is 10.7. The van der Waals surface area contributed by atoms with Crippen molar-refractivity contribution in [3.63, 3.8) is 0 Å². The molecule has 0 saturated heterocycles. The van der Waals surface area contributed by atoms with E-state index >= 15 is 0 Å². The standard InChI is InChI=1S/C13H8N2O4/c16-13(17)9-5-3-8(4-6-9)11-14-15-12(19-11)10-2-1-7-18-10/h1-7H,(H,16,17). The number of carboxylic acids is 1. The van der Waals surface area contributed by atoms with Gasteiger partial charge < -0.3 is 13.9 Å². The Balaban J connectivity index is 1.92. The van der Waals surface area contributed by atoms with E-state index in [9.17, 15) is 4.79 Å². The second-order valence-electron chi connectivity index (χ2n) is 3.77. The van der Waals surface area contributed by atoms with Crippen LogP contribution in [0.2, 0.25) is 0 Å². The number of aromatic carboxylic acids is 1. The lowest BCUT2D eigenvalue weighted by molar-refractivity contribution is 0.0697. The summed E-state index contributed by atoms with van der Waals surface area (Å²) < 4.78 is 10.6. The van der Waals surface area contributed by atoms with Crippen LogP contribution in [0.3, 0.4) is 0 Å². The van der Waals surface area contributed by atoms with Crippen LogP contribution in [0.15, 0.2) is 51.5 Å². The topological polar surface area (TPSA) is 89.4 Å². The van der Waals surface area contributed by atoms with Crippen LogP contribution >= 0.6 is 0 Å². The first kappa shape index (κ1) is 11.2. The van der Waals surface area contributed by atoms with Crippen molar-refractivity contribution in [1.82, 2.24) is 10.2 Å². The Labute approximate surface area is 107 Å². The van der Waals surface area contributed by atoms with Gasteiger partial charge in [0.1, 0.15) is 0 Å². The molecule has 3 aromatic rings. The SMILES string of the molecule is O=C(O)c1ccc(-c2nnc(-c3ccco3)o2)cc1.